The number of anilines is 1. The van der Waals surface area contributed by atoms with Crippen molar-refractivity contribution in [3.63, 3.8) is 0 Å². The zero-order valence-electron chi connectivity index (χ0n) is 11.1. The maximum absolute atomic E-state index is 11.0. The topological polar surface area (TPSA) is 53.4 Å². The van der Waals surface area contributed by atoms with Crippen LogP contribution in [0.2, 0.25) is 0 Å². The number of carboxylic acids is 1. The fraction of sp³-hybridized carbons (Fsp3) is 0.538. The van der Waals surface area contributed by atoms with E-state index in [1.54, 1.807) is 12.1 Å². The average molecular weight is 273 g/mol. The van der Waals surface area contributed by atoms with Gasteiger partial charge in [-0.15, -0.1) is 12.4 Å². The fourth-order valence-corrected chi connectivity index (χ4v) is 1.82. The van der Waals surface area contributed by atoms with Gasteiger partial charge in [0.15, 0.2) is 0 Å². The molecule has 0 aliphatic rings. The van der Waals surface area contributed by atoms with E-state index in [0.717, 1.165) is 37.4 Å². The first-order valence-corrected chi connectivity index (χ1v) is 6.05. The molecular weight excluding hydrogens is 252 g/mol. The van der Waals surface area contributed by atoms with Crippen molar-refractivity contribution in [1.82, 2.24) is 4.98 Å². The predicted molar refractivity (Wildman–Crippen MR) is 76.0 cm³/mol. The lowest BCUT2D eigenvalue weighted by Crippen LogP contribution is -2.26. The number of hydrogen-bond acceptors (Lipinski definition) is 3. The van der Waals surface area contributed by atoms with Crippen molar-refractivity contribution in [2.75, 3.05) is 18.0 Å². The fourth-order valence-electron chi connectivity index (χ4n) is 1.82. The van der Waals surface area contributed by atoms with Crippen molar-refractivity contribution in [2.45, 2.75) is 33.6 Å². The molecule has 0 radical (unpaired) electrons. The van der Waals surface area contributed by atoms with Gasteiger partial charge in [-0.1, -0.05) is 13.8 Å². The molecule has 0 fully saturated rings. The molecule has 1 N–H and O–H groups in total. The van der Waals surface area contributed by atoms with Crippen LogP contribution in [0, 0.1) is 6.92 Å². The Balaban J connectivity index is 0.00000289. The van der Waals surface area contributed by atoms with Gasteiger partial charge in [0.2, 0.25) is 0 Å². The summed E-state index contributed by atoms with van der Waals surface area (Å²) in [7, 11) is 0. The zero-order valence-corrected chi connectivity index (χ0v) is 12.0. The first-order valence-electron chi connectivity index (χ1n) is 6.05. The van der Waals surface area contributed by atoms with Gasteiger partial charge in [-0.25, -0.2) is 9.78 Å². The third-order valence-corrected chi connectivity index (χ3v) is 2.50. The van der Waals surface area contributed by atoms with E-state index in [0.29, 0.717) is 5.56 Å². The van der Waals surface area contributed by atoms with E-state index in [-0.39, 0.29) is 12.4 Å². The minimum atomic E-state index is -0.898. The highest BCUT2D eigenvalue weighted by atomic mass is 35.5. The lowest BCUT2D eigenvalue weighted by atomic mass is 10.2. The zero-order chi connectivity index (χ0) is 12.8. The number of hydrogen-bond donors (Lipinski definition) is 1. The molecule has 4 nitrogen and oxygen atoms in total. The molecule has 1 aromatic heterocycles. The summed E-state index contributed by atoms with van der Waals surface area (Å²) in [6.45, 7) is 7.85. The molecule has 0 aromatic carbocycles. The number of pyridine rings is 1. The van der Waals surface area contributed by atoms with Crippen LogP contribution in [0.3, 0.4) is 0 Å². The van der Waals surface area contributed by atoms with Crippen LogP contribution in [-0.4, -0.2) is 29.1 Å². The van der Waals surface area contributed by atoms with Gasteiger partial charge in [-0.3, -0.25) is 0 Å². The van der Waals surface area contributed by atoms with E-state index < -0.39 is 5.97 Å². The predicted octanol–water partition coefficient (Wildman–Crippen LogP) is 3.14. The van der Waals surface area contributed by atoms with Gasteiger partial charge in [0.1, 0.15) is 5.82 Å². The third-order valence-electron chi connectivity index (χ3n) is 2.50. The van der Waals surface area contributed by atoms with E-state index in [4.69, 9.17) is 5.11 Å². The van der Waals surface area contributed by atoms with Crippen LogP contribution in [0.1, 0.15) is 42.7 Å². The summed E-state index contributed by atoms with van der Waals surface area (Å²) in [6, 6.07) is 3.25. The number of aryl methyl sites for hydroxylation is 1. The lowest BCUT2D eigenvalue weighted by Gasteiger charge is -2.23. The summed E-state index contributed by atoms with van der Waals surface area (Å²) >= 11 is 0. The van der Waals surface area contributed by atoms with Gasteiger partial charge in [0.05, 0.1) is 5.56 Å². The smallest absolute Gasteiger partial charge is 0.335 e. The second-order valence-electron chi connectivity index (χ2n) is 4.15. The minimum Gasteiger partial charge on any atom is -0.478 e. The van der Waals surface area contributed by atoms with Crippen molar-refractivity contribution in [3.8, 4) is 0 Å². The molecule has 0 spiro atoms. The summed E-state index contributed by atoms with van der Waals surface area (Å²) in [4.78, 5) is 17.6. The monoisotopic (exact) mass is 272 g/mol. The minimum absolute atomic E-state index is 0. The van der Waals surface area contributed by atoms with Gasteiger partial charge < -0.3 is 10.0 Å². The Morgan fingerprint density at radius 3 is 2.28 bits per heavy atom. The van der Waals surface area contributed by atoms with Crippen molar-refractivity contribution in [3.05, 3.63) is 23.4 Å². The van der Waals surface area contributed by atoms with Gasteiger partial charge in [-0.2, -0.15) is 0 Å². The molecule has 0 unspecified atom stereocenters. The summed E-state index contributed by atoms with van der Waals surface area (Å²) in [5.74, 6) is -0.129. The van der Waals surface area contributed by atoms with Gasteiger partial charge in [0, 0.05) is 18.8 Å². The molecule has 1 rings (SSSR count). The molecule has 1 heterocycles. The molecule has 18 heavy (non-hydrogen) atoms. The van der Waals surface area contributed by atoms with Crippen molar-refractivity contribution in [1.29, 1.82) is 0 Å². The number of nitrogens with zero attached hydrogens (tertiary/aromatic N) is 2. The van der Waals surface area contributed by atoms with Crippen LogP contribution in [0.5, 0.6) is 0 Å². The molecule has 102 valence electrons. The molecule has 5 heteroatoms. The highest BCUT2D eigenvalue weighted by molar-refractivity contribution is 5.88. The van der Waals surface area contributed by atoms with Crippen molar-refractivity contribution in [2.24, 2.45) is 0 Å². The second-order valence-corrected chi connectivity index (χ2v) is 4.15. The molecule has 0 atom stereocenters. The third kappa shape index (κ3) is 4.53. The summed E-state index contributed by atoms with van der Waals surface area (Å²) in [5.41, 5.74) is 1.06. The highest BCUT2D eigenvalue weighted by Gasteiger charge is 2.11. The number of aromatic nitrogens is 1. The summed E-state index contributed by atoms with van der Waals surface area (Å²) in [6.07, 6.45) is 2.05. The molecule has 0 amide bonds. The number of rotatable bonds is 6. The molecule has 0 saturated heterocycles. The first-order chi connectivity index (χ1) is 8.08. The van der Waals surface area contributed by atoms with Crippen molar-refractivity contribution < 1.29 is 9.90 Å². The average Bonchev–Trinajstić information content (AvgIpc) is 2.28. The Bertz CT molecular complexity index is 391. The molecule has 1 aromatic rings. The molecule has 0 aliphatic carbocycles. The van der Waals surface area contributed by atoms with E-state index in [1.165, 1.54) is 0 Å². The van der Waals surface area contributed by atoms with Crippen LogP contribution in [0.15, 0.2) is 12.1 Å². The molecule has 0 saturated carbocycles. The Kier molecular flexibility index (Phi) is 7.36. The van der Waals surface area contributed by atoms with Gasteiger partial charge in [-0.05, 0) is 31.9 Å². The molecule has 0 aliphatic heterocycles. The highest BCUT2D eigenvalue weighted by Crippen LogP contribution is 2.16. The van der Waals surface area contributed by atoms with Crippen molar-refractivity contribution >= 4 is 24.2 Å². The van der Waals surface area contributed by atoms with Crippen LogP contribution in [-0.2, 0) is 0 Å². The first kappa shape index (κ1) is 16.7. The standard InChI is InChI=1S/C13H20N2O2.ClH/c1-4-6-15(7-5-2)12-9-11(13(16)17)8-10(3)14-12;/h8-9H,4-7H2,1-3H3,(H,16,17);1H. The van der Waals surface area contributed by atoms with Crippen LogP contribution in [0.25, 0.3) is 0 Å². The van der Waals surface area contributed by atoms with Gasteiger partial charge >= 0.3 is 5.97 Å². The van der Waals surface area contributed by atoms with Crippen LogP contribution < -0.4 is 4.90 Å². The van der Waals surface area contributed by atoms with E-state index in [9.17, 15) is 4.79 Å². The number of carbonyl (C=O) groups is 1. The van der Waals surface area contributed by atoms with Gasteiger partial charge in [0.25, 0.3) is 0 Å². The second kappa shape index (κ2) is 7.93. The SMILES string of the molecule is CCCN(CCC)c1cc(C(=O)O)cc(C)n1.Cl. The normalized spacial score (nSPS) is 9.72. The largest absolute Gasteiger partial charge is 0.478 e. The Morgan fingerprint density at radius 2 is 1.83 bits per heavy atom. The Morgan fingerprint density at radius 1 is 1.28 bits per heavy atom. The number of carboxylic acid groups (broad SMARTS) is 1. The van der Waals surface area contributed by atoms with Crippen LogP contribution in [0.4, 0.5) is 5.82 Å². The van der Waals surface area contributed by atoms with E-state index >= 15 is 0 Å². The Labute approximate surface area is 114 Å². The number of aromatic carboxylic acids is 1. The van der Waals surface area contributed by atoms with Crippen LogP contribution >= 0.6 is 12.4 Å². The lowest BCUT2D eigenvalue weighted by molar-refractivity contribution is 0.0696. The van der Waals surface area contributed by atoms with E-state index in [1.807, 2.05) is 6.92 Å². The maximum Gasteiger partial charge on any atom is 0.335 e. The summed E-state index contributed by atoms with van der Waals surface area (Å²) < 4.78 is 0. The molecular formula is C13H21ClN2O2. The molecule has 0 bridgehead atoms. The summed E-state index contributed by atoms with van der Waals surface area (Å²) in [5, 5.41) is 9.03. The maximum atomic E-state index is 11.0. The quantitative estimate of drug-likeness (QED) is 0.864. The Hall–Kier alpha value is -1.29. The number of halogens is 1. The van der Waals surface area contributed by atoms with E-state index in [2.05, 4.69) is 23.7 Å².